The Hall–Kier alpha value is -0.790. The quantitative estimate of drug-likeness (QED) is 0.149. The van der Waals surface area contributed by atoms with Gasteiger partial charge in [-0.1, -0.05) is 12.1 Å². The molecule has 1 aromatic carbocycles. The van der Waals surface area contributed by atoms with Crippen molar-refractivity contribution >= 4 is 66.4 Å². The first-order valence-corrected chi connectivity index (χ1v) is 21.4. The maximum atomic E-state index is 10.4. The zero-order chi connectivity index (χ0) is 41.9. The minimum Gasteiger partial charge on any atom is -0.299 e. The molecule has 0 unspecified atom stereocenters. The number of rotatable bonds is 5. The highest BCUT2D eigenvalue weighted by Gasteiger charge is 2.54. The van der Waals surface area contributed by atoms with Gasteiger partial charge in [0.25, 0.3) is 0 Å². The summed E-state index contributed by atoms with van der Waals surface area (Å²) in [7, 11) is -20.9. The van der Waals surface area contributed by atoms with E-state index in [4.69, 9.17) is 90.7 Å². The maximum Gasteiger partial charge on any atom is 0.507 e. The molecule has 302 valence electrons. The van der Waals surface area contributed by atoms with E-state index in [9.17, 15) is 25.2 Å². The van der Waals surface area contributed by atoms with Gasteiger partial charge in [-0.2, -0.15) is 4.62 Å². The molecular weight excluding hydrogens is 863 g/mol. The van der Waals surface area contributed by atoms with E-state index in [1.807, 2.05) is 66.6 Å². The molecule has 2 rings (SSSR count). The number of hydrogen-bond acceptors (Lipinski definition) is 12. The maximum absolute atomic E-state index is 10.4. The fourth-order valence-electron chi connectivity index (χ4n) is 2.30. The van der Waals surface area contributed by atoms with E-state index in [0.29, 0.717) is 0 Å². The summed E-state index contributed by atoms with van der Waals surface area (Å²) in [6.07, 6.45) is 0. The molecule has 0 spiro atoms. The van der Waals surface area contributed by atoms with Gasteiger partial charge >= 0.3 is 55.4 Å². The molecule has 50 heavy (non-hydrogen) atoms. The molecule has 0 aliphatic heterocycles. The highest BCUT2D eigenvalue weighted by atomic mass is 31.2. The van der Waals surface area contributed by atoms with Gasteiger partial charge < -0.3 is 0 Å². The van der Waals surface area contributed by atoms with Crippen LogP contribution in [0.3, 0.4) is 0 Å². The minimum absolute atomic E-state index is 0.821. The molecule has 0 aliphatic carbocycles. The van der Waals surface area contributed by atoms with Gasteiger partial charge in [0.2, 0.25) is 0 Å². The van der Waals surface area contributed by atoms with Gasteiger partial charge in [-0.3, -0.25) is 58.7 Å². The van der Waals surface area contributed by atoms with Crippen LogP contribution in [0.1, 0.15) is 0 Å². The molecule has 0 radical (unpaired) electrons. The molecule has 38 heteroatoms. The second kappa shape index (κ2) is 24.5. The SMILES string of the molecule is CN(C)[P+](On1nnc2ccccc21)(N(C)C)N(C)C.O=P(O)(O)F.O=P(O)(O)F.O=P(O)(O)F.O=P(O)(O)F.O=P(O)(O)F.O=P(O)(O)F. The summed E-state index contributed by atoms with van der Waals surface area (Å²) < 4.78 is 127. The number of halogens is 6. The average Bonchev–Trinajstić information content (AvgIpc) is 3.12. The summed E-state index contributed by atoms with van der Waals surface area (Å²) in [4.78, 5) is 85.1. The molecule has 0 saturated heterocycles. The molecule has 2 aromatic rings. The third-order valence-corrected chi connectivity index (χ3v) is 6.57. The Morgan fingerprint density at radius 1 is 0.540 bits per heavy atom. The third kappa shape index (κ3) is 56.6. The lowest BCUT2D eigenvalue weighted by molar-refractivity contribution is 0.189. The van der Waals surface area contributed by atoms with Crippen molar-refractivity contribution < 1.29 is 116 Å². The Balaban J connectivity index is -0.000000185. The van der Waals surface area contributed by atoms with Gasteiger partial charge in [-0.25, -0.2) is 27.4 Å². The standard InChI is InChI=1S/C12H22N6OP.6FH2O3P/c1-15(2)20(16(3)4,17(5)6)19-18-12-10-8-7-9-11(12)13-14-18;6*1-5(2,3)4/h7-10H,1-6H3;6*(H2,2,3,4)/q+1;;;;;;. The monoisotopic (exact) mass is 897 g/mol. The van der Waals surface area contributed by atoms with E-state index in [2.05, 4.69) is 24.3 Å². The second-order valence-corrected chi connectivity index (χ2v) is 17.2. The molecule has 0 atom stereocenters. The Bertz CT molecular complexity index is 1300. The van der Waals surface area contributed by atoms with Crippen LogP contribution in [-0.4, -0.2) is 130 Å². The van der Waals surface area contributed by atoms with Crippen LogP contribution in [0.2, 0.25) is 0 Å². The first-order valence-electron chi connectivity index (χ1n) is 10.8. The molecule has 12 N–H and O–H groups in total. The van der Waals surface area contributed by atoms with Crippen LogP contribution in [-0.2, 0) is 27.4 Å². The Kier molecular flexibility index (Phi) is 28.7. The highest BCUT2D eigenvalue weighted by molar-refractivity contribution is 7.64. The van der Waals surface area contributed by atoms with E-state index in [0.717, 1.165) is 11.0 Å². The molecule has 1 heterocycles. The van der Waals surface area contributed by atoms with Crippen LogP contribution in [0.25, 0.3) is 11.0 Å². The Labute approximate surface area is 278 Å². The average molecular weight is 897 g/mol. The summed E-state index contributed by atoms with van der Waals surface area (Å²) in [6.45, 7) is 0. The number of para-hydroxylation sites is 1. The normalized spacial score (nSPS) is 12.2. The fourth-order valence-corrected chi connectivity index (χ4v) is 5.22. The number of benzene rings is 1. The molecule has 25 nitrogen and oxygen atoms in total. The largest absolute Gasteiger partial charge is 0.507 e. The van der Waals surface area contributed by atoms with Gasteiger partial charge in [-0.15, -0.1) is 44.3 Å². The fraction of sp³-hybridized carbons (Fsp3) is 0.500. The van der Waals surface area contributed by atoms with Gasteiger partial charge in [0.15, 0.2) is 0 Å². The predicted octanol–water partition coefficient (Wildman–Crippen LogP) is 1.51. The molecular formula is C12H34F6N6O19P7+. The molecule has 0 bridgehead atoms. The van der Waals surface area contributed by atoms with Crippen LogP contribution in [0.15, 0.2) is 24.3 Å². The zero-order valence-corrected chi connectivity index (χ0v) is 31.9. The summed E-state index contributed by atoms with van der Waals surface area (Å²) in [5.41, 5.74) is 1.68. The lowest BCUT2D eigenvalue weighted by Crippen LogP contribution is -2.42. The van der Waals surface area contributed by atoms with Crippen molar-refractivity contribution in [1.82, 2.24) is 29.2 Å². The van der Waals surface area contributed by atoms with Crippen molar-refractivity contribution in [3.8, 4) is 0 Å². The molecule has 1 aromatic heterocycles. The third-order valence-electron chi connectivity index (χ3n) is 3.07. The first kappa shape index (κ1) is 58.5. The predicted molar refractivity (Wildman–Crippen MR) is 161 cm³/mol. The van der Waals surface area contributed by atoms with Gasteiger partial charge in [0.05, 0.1) is 0 Å². The van der Waals surface area contributed by atoms with E-state index >= 15 is 0 Å². The topological polar surface area (TPSA) is 395 Å². The van der Waals surface area contributed by atoms with Crippen molar-refractivity contribution in [2.45, 2.75) is 0 Å². The van der Waals surface area contributed by atoms with E-state index in [1.54, 1.807) is 0 Å². The van der Waals surface area contributed by atoms with Gasteiger partial charge in [0, 0.05) is 42.3 Å². The van der Waals surface area contributed by atoms with Crippen LogP contribution < -0.4 is 4.62 Å². The van der Waals surface area contributed by atoms with Crippen molar-refractivity contribution in [3.05, 3.63) is 24.3 Å². The Morgan fingerprint density at radius 3 is 0.980 bits per heavy atom. The lowest BCUT2D eigenvalue weighted by atomic mass is 10.3. The van der Waals surface area contributed by atoms with Crippen LogP contribution in [0, 0.1) is 0 Å². The van der Waals surface area contributed by atoms with E-state index in [-0.39, 0.29) is 0 Å². The first-order chi connectivity index (χ1) is 21.4. The van der Waals surface area contributed by atoms with Crippen molar-refractivity contribution in [2.75, 3.05) is 42.3 Å². The summed E-state index contributed by atoms with van der Waals surface area (Å²) in [6, 6.07) is 7.76. The number of nitrogens with zero attached hydrogens (tertiary/aromatic N) is 6. The number of aromatic nitrogens is 3. The minimum atomic E-state index is -5.14. The van der Waals surface area contributed by atoms with Gasteiger partial charge in [0.1, 0.15) is 11.0 Å². The summed E-state index contributed by atoms with van der Waals surface area (Å²) in [5.74, 6) is 0. The summed E-state index contributed by atoms with van der Waals surface area (Å²) >= 11 is 0. The molecule has 0 fully saturated rings. The van der Waals surface area contributed by atoms with E-state index in [1.165, 1.54) is 4.85 Å². The Morgan fingerprint density at radius 2 is 0.760 bits per heavy atom. The smallest absolute Gasteiger partial charge is 0.299 e. The molecule has 0 amide bonds. The van der Waals surface area contributed by atoms with Crippen molar-refractivity contribution in [3.63, 3.8) is 0 Å². The zero-order valence-electron chi connectivity index (χ0n) is 25.6. The van der Waals surface area contributed by atoms with Crippen molar-refractivity contribution in [2.24, 2.45) is 0 Å². The molecule has 0 aliphatic rings. The van der Waals surface area contributed by atoms with Gasteiger partial charge in [-0.05, 0) is 22.2 Å². The lowest BCUT2D eigenvalue weighted by Gasteiger charge is -2.35. The number of hydrogen-bond donors (Lipinski definition) is 12. The van der Waals surface area contributed by atoms with Crippen LogP contribution in [0.5, 0.6) is 0 Å². The number of fused-ring (bicyclic) bond motifs is 1. The van der Waals surface area contributed by atoms with Crippen LogP contribution >= 0.6 is 55.4 Å². The van der Waals surface area contributed by atoms with Crippen LogP contribution in [0.4, 0.5) is 25.2 Å². The second-order valence-electron chi connectivity index (χ2n) is 7.93. The van der Waals surface area contributed by atoms with E-state index < -0.39 is 55.4 Å². The van der Waals surface area contributed by atoms with Crippen molar-refractivity contribution in [1.29, 1.82) is 0 Å². The molecule has 0 saturated carbocycles. The summed E-state index contributed by atoms with van der Waals surface area (Å²) in [5, 5.41) is 8.25. The highest BCUT2D eigenvalue weighted by Crippen LogP contribution is 2.61.